The van der Waals surface area contributed by atoms with Crippen LogP contribution in [0.25, 0.3) is 0 Å². The molecule has 2 aliphatic rings. The summed E-state index contributed by atoms with van der Waals surface area (Å²) in [6.07, 6.45) is 5.30. The molecule has 2 saturated heterocycles. The predicted octanol–water partition coefficient (Wildman–Crippen LogP) is 1.21. The maximum absolute atomic E-state index is 12.2. The maximum atomic E-state index is 12.2. The molecule has 2 fully saturated rings. The number of thioether (sulfide) groups is 1. The number of hydrogen-bond acceptors (Lipinski definition) is 4. The van der Waals surface area contributed by atoms with Gasteiger partial charge in [0.2, 0.25) is 17.7 Å². The minimum absolute atomic E-state index is 0.00999. The van der Waals surface area contributed by atoms with Crippen molar-refractivity contribution in [3.05, 3.63) is 0 Å². The molecule has 6 nitrogen and oxygen atoms in total. The summed E-state index contributed by atoms with van der Waals surface area (Å²) in [5, 5.41) is 2.83. The number of nitrogens with zero attached hydrogens (tertiary/aromatic N) is 2. The van der Waals surface area contributed by atoms with Gasteiger partial charge >= 0.3 is 0 Å². The van der Waals surface area contributed by atoms with Gasteiger partial charge in [-0.3, -0.25) is 14.4 Å². The fraction of sp³-hybridized carbons (Fsp3) is 0.812. The average molecular weight is 341 g/mol. The summed E-state index contributed by atoms with van der Waals surface area (Å²) in [6, 6.07) is -0.388. The largest absolute Gasteiger partial charge is 0.354 e. The third-order valence-electron chi connectivity index (χ3n) is 4.40. The normalized spacial score (nSPS) is 21.9. The first kappa shape index (κ1) is 18.1. The fourth-order valence-corrected chi connectivity index (χ4v) is 4.18. The van der Waals surface area contributed by atoms with E-state index < -0.39 is 0 Å². The van der Waals surface area contributed by atoms with Crippen LogP contribution < -0.4 is 5.32 Å². The molecule has 0 radical (unpaired) electrons. The zero-order valence-electron chi connectivity index (χ0n) is 13.9. The molecular weight excluding hydrogens is 314 g/mol. The van der Waals surface area contributed by atoms with E-state index in [1.54, 1.807) is 23.6 Å². The first-order valence-electron chi connectivity index (χ1n) is 8.56. The summed E-state index contributed by atoms with van der Waals surface area (Å²) < 4.78 is 0. The van der Waals surface area contributed by atoms with Gasteiger partial charge in [0.05, 0.1) is 5.88 Å². The van der Waals surface area contributed by atoms with Gasteiger partial charge in [-0.2, -0.15) is 0 Å². The van der Waals surface area contributed by atoms with Gasteiger partial charge in [0.15, 0.2) is 0 Å². The topological polar surface area (TPSA) is 69.7 Å². The number of nitrogens with one attached hydrogen (secondary N) is 1. The molecule has 0 saturated carbocycles. The Hall–Kier alpha value is -1.24. The molecule has 2 rings (SSSR count). The number of likely N-dealkylation sites (tertiary alicyclic amines) is 1. The molecule has 7 heteroatoms. The summed E-state index contributed by atoms with van der Waals surface area (Å²) in [4.78, 5) is 39.8. The summed E-state index contributed by atoms with van der Waals surface area (Å²) in [5.74, 6) is 1.21. The van der Waals surface area contributed by atoms with Gasteiger partial charge in [-0.05, 0) is 12.8 Å². The Morgan fingerprint density at radius 2 is 1.78 bits per heavy atom. The predicted molar refractivity (Wildman–Crippen MR) is 90.9 cm³/mol. The first-order valence-corrected chi connectivity index (χ1v) is 9.71. The Balaban J connectivity index is 1.73. The number of hydrogen-bond donors (Lipinski definition) is 1. The van der Waals surface area contributed by atoms with E-state index >= 15 is 0 Å². The van der Waals surface area contributed by atoms with Crippen molar-refractivity contribution in [1.29, 1.82) is 0 Å². The molecule has 0 aromatic rings. The van der Waals surface area contributed by atoms with Crippen molar-refractivity contribution in [3.8, 4) is 0 Å². The van der Waals surface area contributed by atoms with Crippen LogP contribution in [-0.4, -0.2) is 64.8 Å². The van der Waals surface area contributed by atoms with Gasteiger partial charge in [-0.1, -0.05) is 19.8 Å². The van der Waals surface area contributed by atoms with Gasteiger partial charge in [0.1, 0.15) is 6.04 Å². The lowest BCUT2D eigenvalue weighted by molar-refractivity contribution is -0.138. The molecule has 23 heavy (non-hydrogen) atoms. The second-order valence-corrected chi connectivity index (χ2v) is 7.07. The minimum Gasteiger partial charge on any atom is -0.354 e. The summed E-state index contributed by atoms with van der Waals surface area (Å²) in [5.41, 5.74) is 0. The molecular formula is C16H27N3O3S. The third-order valence-corrected chi connectivity index (χ3v) is 5.42. The van der Waals surface area contributed by atoms with E-state index in [-0.39, 0.29) is 23.8 Å². The van der Waals surface area contributed by atoms with Crippen LogP contribution >= 0.6 is 11.8 Å². The zero-order chi connectivity index (χ0) is 16.7. The van der Waals surface area contributed by atoms with E-state index in [4.69, 9.17) is 0 Å². The average Bonchev–Trinajstić information content (AvgIpc) is 2.89. The van der Waals surface area contributed by atoms with Gasteiger partial charge in [0, 0.05) is 38.2 Å². The molecule has 0 aromatic carbocycles. The van der Waals surface area contributed by atoms with Crippen molar-refractivity contribution in [2.75, 3.05) is 31.3 Å². The highest BCUT2D eigenvalue weighted by Crippen LogP contribution is 2.21. The first-order chi connectivity index (χ1) is 11.1. The molecule has 1 atom stereocenters. The third kappa shape index (κ3) is 5.12. The summed E-state index contributed by atoms with van der Waals surface area (Å²) in [7, 11) is 0. The van der Waals surface area contributed by atoms with Crippen molar-refractivity contribution in [3.63, 3.8) is 0 Å². The highest BCUT2D eigenvalue weighted by atomic mass is 32.2. The molecule has 3 amide bonds. The molecule has 0 aliphatic carbocycles. The quantitative estimate of drug-likeness (QED) is 0.816. The molecule has 0 aromatic heterocycles. The van der Waals surface area contributed by atoms with Crippen LogP contribution in [0.5, 0.6) is 0 Å². The molecule has 1 unspecified atom stereocenters. The maximum Gasteiger partial charge on any atom is 0.243 e. The van der Waals surface area contributed by atoms with Crippen molar-refractivity contribution in [2.24, 2.45) is 0 Å². The lowest BCUT2D eigenvalue weighted by Gasteiger charge is -2.23. The SMILES string of the molecule is CCC(=O)N1CSCC1C(=O)NCCC(=O)N1CCCCCC1. The lowest BCUT2D eigenvalue weighted by atomic mass is 10.2. The Labute approximate surface area is 142 Å². The van der Waals surface area contributed by atoms with Crippen LogP contribution in [0.15, 0.2) is 0 Å². The Bertz CT molecular complexity index is 436. The number of amides is 3. The number of carbonyl (C=O) groups is 3. The Kier molecular flexibility index (Phi) is 7.20. The molecule has 2 aliphatic heterocycles. The monoisotopic (exact) mass is 341 g/mol. The summed E-state index contributed by atoms with van der Waals surface area (Å²) >= 11 is 1.60. The van der Waals surface area contributed by atoms with Crippen LogP contribution in [0, 0.1) is 0 Å². The fourth-order valence-electron chi connectivity index (χ4n) is 3.00. The minimum atomic E-state index is -0.388. The van der Waals surface area contributed by atoms with Crippen molar-refractivity contribution in [2.45, 2.75) is 51.5 Å². The highest BCUT2D eigenvalue weighted by molar-refractivity contribution is 7.99. The van der Waals surface area contributed by atoms with Gasteiger partial charge in [-0.15, -0.1) is 11.8 Å². The standard InChI is InChI=1S/C16H27N3O3S/c1-2-14(20)19-12-23-11-13(19)16(22)17-8-7-15(21)18-9-5-3-4-6-10-18/h13H,2-12H2,1H3,(H,17,22). The second kappa shape index (κ2) is 9.15. The smallest absolute Gasteiger partial charge is 0.243 e. The van der Waals surface area contributed by atoms with Crippen LogP contribution in [0.2, 0.25) is 0 Å². The second-order valence-electron chi connectivity index (χ2n) is 6.07. The van der Waals surface area contributed by atoms with Crippen LogP contribution in [-0.2, 0) is 14.4 Å². The van der Waals surface area contributed by atoms with Crippen LogP contribution in [0.3, 0.4) is 0 Å². The van der Waals surface area contributed by atoms with Gasteiger partial charge in [0.25, 0.3) is 0 Å². The van der Waals surface area contributed by atoms with Crippen LogP contribution in [0.4, 0.5) is 0 Å². The van der Waals surface area contributed by atoms with Crippen LogP contribution in [0.1, 0.15) is 45.4 Å². The van der Waals surface area contributed by atoms with E-state index in [0.717, 1.165) is 25.9 Å². The molecule has 130 valence electrons. The summed E-state index contributed by atoms with van der Waals surface area (Å²) in [6.45, 7) is 3.83. The van der Waals surface area contributed by atoms with E-state index in [1.165, 1.54) is 12.8 Å². The van der Waals surface area contributed by atoms with Gasteiger partial charge < -0.3 is 15.1 Å². The van der Waals surface area contributed by atoms with Crippen molar-refractivity contribution >= 4 is 29.5 Å². The molecule has 1 N–H and O–H groups in total. The molecule has 2 heterocycles. The zero-order valence-corrected chi connectivity index (χ0v) is 14.7. The molecule has 0 spiro atoms. The Morgan fingerprint density at radius 1 is 1.09 bits per heavy atom. The number of carbonyl (C=O) groups excluding carboxylic acids is 3. The van der Waals surface area contributed by atoms with E-state index in [9.17, 15) is 14.4 Å². The highest BCUT2D eigenvalue weighted by Gasteiger charge is 2.33. The number of rotatable bonds is 5. The van der Waals surface area contributed by atoms with E-state index in [0.29, 0.717) is 31.0 Å². The van der Waals surface area contributed by atoms with E-state index in [2.05, 4.69) is 5.32 Å². The Morgan fingerprint density at radius 3 is 2.43 bits per heavy atom. The van der Waals surface area contributed by atoms with Gasteiger partial charge in [-0.25, -0.2) is 0 Å². The molecule has 0 bridgehead atoms. The van der Waals surface area contributed by atoms with Crippen molar-refractivity contribution < 1.29 is 14.4 Å². The van der Waals surface area contributed by atoms with Crippen molar-refractivity contribution in [1.82, 2.24) is 15.1 Å². The lowest BCUT2D eigenvalue weighted by Crippen LogP contribution is -2.47. The van der Waals surface area contributed by atoms with E-state index in [1.807, 2.05) is 4.90 Å².